The summed E-state index contributed by atoms with van der Waals surface area (Å²) < 4.78 is 6.22. The molecule has 170 valence electrons. The van der Waals surface area contributed by atoms with Crippen LogP contribution in [0.1, 0.15) is 61.5 Å². The quantitative estimate of drug-likeness (QED) is 0.191. The Kier molecular flexibility index (Phi) is 8.37. The Morgan fingerprint density at radius 2 is 1.30 bits per heavy atom. The number of esters is 1. The highest BCUT2D eigenvalue weighted by molar-refractivity contribution is 6.06. The zero-order valence-corrected chi connectivity index (χ0v) is 19.7. The second-order valence-corrected chi connectivity index (χ2v) is 8.75. The highest BCUT2D eigenvalue weighted by Gasteiger charge is 2.46. The van der Waals surface area contributed by atoms with Gasteiger partial charge < -0.3 is 4.74 Å². The van der Waals surface area contributed by atoms with Crippen LogP contribution in [-0.4, -0.2) is 11.8 Å². The van der Waals surface area contributed by atoms with Gasteiger partial charge in [0.2, 0.25) is 11.4 Å². The second kappa shape index (κ2) is 11.4. The molecular formula is C30H32O3. The molecule has 0 fully saturated rings. The van der Waals surface area contributed by atoms with Gasteiger partial charge in [-0.3, -0.25) is 9.59 Å². The van der Waals surface area contributed by atoms with E-state index in [1.165, 1.54) is 5.57 Å². The van der Waals surface area contributed by atoms with Gasteiger partial charge in [-0.15, -0.1) is 0 Å². The van der Waals surface area contributed by atoms with Gasteiger partial charge >= 0.3 is 5.97 Å². The zero-order valence-electron chi connectivity index (χ0n) is 19.7. The number of Topliss-reactive ketones (excluding diaryl/α,β-unsaturated/α-hetero) is 1. The number of ketones is 1. The molecule has 0 N–H and O–H groups in total. The molecule has 0 bridgehead atoms. The van der Waals surface area contributed by atoms with Crippen molar-refractivity contribution in [3.63, 3.8) is 0 Å². The minimum atomic E-state index is -1.55. The van der Waals surface area contributed by atoms with Crippen LogP contribution in [0.4, 0.5) is 0 Å². The van der Waals surface area contributed by atoms with Crippen LogP contribution in [0.3, 0.4) is 0 Å². The van der Waals surface area contributed by atoms with E-state index in [2.05, 4.69) is 19.9 Å². The Hall–Kier alpha value is -3.46. The van der Waals surface area contributed by atoms with Crippen LogP contribution in [0.15, 0.2) is 103 Å². The van der Waals surface area contributed by atoms with Crippen LogP contribution in [0.5, 0.6) is 0 Å². The van der Waals surface area contributed by atoms with Gasteiger partial charge in [-0.25, -0.2) is 0 Å². The van der Waals surface area contributed by atoms with Gasteiger partial charge in [-0.05, 0) is 32.6 Å². The van der Waals surface area contributed by atoms with Gasteiger partial charge in [-0.1, -0.05) is 110 Å². The fourth-order valence-corrected chi connectivity index (χ4v) is 3.99. The molecule has 0 aliphatic heterocycles. The number of ether oxygens (including phenoxy) is 1. The number of hydrogen-bond acceptors (Lipinski definition) is 3. The van der Waals surface area contributed by atoms with Gasteiger partial charge in [0.15, 0.2) is 0 Å². The molecule has 33 heavy (non-hydrogen) atoms. The Bertz CT molecular complexity index is 1030. The number of carbonyl (C=O) groups is 2. The van der Waals surface area contributed by atoms with Gasteiger partial charge in [0.1, 0.15) is 0 Å². The maximum absolute atomic E-state index is 14.1. The molecule has 1 atom stereocenters. The lowest BCUT2D eigenvalue weighted by Crippen LogP contribution is -2.42. The van der Waals surface area contributed by atoms with E-state index in [4.69, 9.17) is 4.74 Å². The first-order valence-corrected chi connectivity index (χ1v) is 11.5. The lowest BCUT2D eigenvalue weighted by atomic mass is 9.79. The molecule has 0 aromatic heterocycles. The molecule has 0 unspecified atom stereocenters. The van der Waals surface area contributed by atoms with Crippen molar-refractivity contribution in [3.05, 3.63) is 119 Å². The summed E-state index contributed by atoms with van der Waals surface area (Å²) in [6, 6.07) is 27.6. The maximum Gasteiger partial charge on any atom is 0.307 e. The third-order valence-corrected chi connectivity index (χ3v) is 5.71. The van der Waals surface area contributed by atoms with E-state index in [-0.39, 0.29) is 24.1 Å². The summed E-state index contributed by atoms with van der Waals surface area (Å²) in [6.07, 6.45) is 4.23. The SMILES string of the molecule is CC(C)=CCC[C@@H](C)CC(=O)OC(C(=O)c1ccccc1)(c1ccccc1)c1ccccc1. The van der Waals surface area contributed by atoms with Gasteiger partial charge in [0.25, 0.3) is 0 Å². The van der Waals surface area contributed by atoms with Crippen molar-refractivity contribution in [2.75, 3.05) is 0 Å². The first-order valence-electron chi connectivity index (χ1n) is 11.5. The number of carbonyl (C=O) groups excluding carboxylic acids is 2. The molecule has 0 saturated heterocycles. The Labute approximate surface area is 197 Å². The fraction of sp³-hybridized carbons (Fsp3) is 0.267. The Morgan fingerprint density at radius 3 is 1.79 bits per heavy atom. The van der Waals surface area contributed by atoms with Crippen molar-refractivity contribution in [1.82, 2.24) is 0 Å². The van der Waals surface area contributed by atoms with Crippen molar-refractivity contribution < 1.29 is 14.3 Å². The molecule has 0 amide bonds. The molecule has 0 aliphatic rings. The highest BCUT2D eigenvalue weighted by atomic mass is 16.6. The van der Waals surface area contributed by atoms with E-state index in [0.29, 0.717) is 16.7 Å². The Balaban J connectivity index is 2.02. The van der Waals surface area contributed by atoms with Crippen molar-refractivity contribution >= 4 is 11.8 Å². The van der Waals surface area contributed by atoms with Crippen LogP contribution in [-0.2, 0) is 15.1 Å². The molecular weight excluding hydrogens is 408 g/mol. The van der Waals surface area contributed by atoms with Crippen LogP contribution in [0, 0.1) is 5.92 Å². The largest absolute Gasteiger partial charge is 0.441 e. The second-order valence-electron chi connectivity index (χ2n) is 8.75. The van der Waals surface area contributed by atoms with Crippen LogP contribution in [0.2, 0.25) is 0 Å². The molecule has 3 heteroatoms. The summed E-state index contributed by atoms with van der Waals surface area (Å²) >= 11 is 0. The van der Waals surface area contributed by atoms with Crippen molar-refractivity contribution in [1.29, 1.82) is 0 Å². The van der Waals surface area contributed by atoms with Gasteiger partial charge in [-0.2, -0.15) is 0 Å². The molecule has 3 nitrogen and oxygen atoms in total. The van der Waals surface area contributed by atoms with E-state index in [9.17, 15) is 9.59 Å². The van der Waals surface area contributed by atoms with E-state index >= 15 is 0 Å². The number of rotatable bonds is 10. The summed E-state index contributed by atoms with van der Waals surface area (Å²) in [4.78, 5) is 27.3. The lowest BCUT2D eigenvalue weighted by Gasteiger charge is -2.33. The summed E-state index contributed by atoms with van der Waals surface area (Å²) in [5.41, 5.74) is 1.48. The van der Waals surface area contributed by atoms with E-state index in [1.54, 1.807) is 12.1 Å². The van der Waals surface area contributed by atoms with Crippen molar-refractivity contribution in [2.45, 2.75) is 45.6 Å². The first kappa shape index (κ1) is 24.2. The third-order valence-electron chi connectivity index (χ3n) is 5.71. The summed E-state index contributed by atoms with van der Waals surface area (Å²) in [5, 5.41) is 0. The van der Waals surface area contributed by atoms with E-state index in [1.807, 2.05) is 85.8 Å². The predicted molar refractivity (Wildman–Crippen MR) is 133 cm³/mol. The number of benzene rings is 3. The van der Waals surface area contributed by atoms with E-state index < -0.39 is 5.60 Å². The summed E-state index contributed by atoms with van der Waals surface area (Å²) in [5.74, 6) is -0.494. The molecule has 0 saturated carbocycles. The van der Waals surface area contributed by atoms with Gasteiger partial charge in [0.05, 0.1) is 0 Å². The average Bonchev–Trinajstić information content (AvgIpc) is 2.83. The molecule has 0 aliphatic carbocycles. The topological polar surface area (TPSA) is 43.4 Å². The molecule has 3 aromatic rings. The monoisotopic (exact) mass is 440 g/mol. The zero-order chi connectivity index (χ0) is 23.7. The smallest absolute Gasteiger partial charge is 0.307 e. The molecule has 0 radical (unpaired) electrons. The summed E-state index contributed by atoms with van der Waals surface area (Å²) in [7, 11) is 0. The first-order chi connectivity index (χ1) is 15.9. The minimum Gasteiger partial charge on any atom is -0.441 e. The minimum absolute atomic E-state index is 0.143. The van der Waals surface area contributed by atoms with Crippen molar-refractivity contribution in [2.24, 2.45) is 5.92 Å². The molecule has 0 spiro atoms. The average molecular weight is 441 g/mol. The van der Waals surface area contributed by atoms with E-state index in [0.717, 1.165) is 12.8 Å². The number of hydrogen-bond donors (Lipinski definition) is 0. The fourth-order valence-electron chi connectivity index (χ4n) is 3.99. The normalized spacial score (nSPS) is 12.0. The molecule has 3 rings (SSSR count). The Morgan fingerprint density at radius 1 is 0.818 bits per heavy atom. The van der Waals surface area contributed by atoms with Gasteiger partial charge in [0, 0.05) is 23.1 Å². The van der Waals surface area contributed by atoms with Crippen LogP contribution < -0.4 is 0 Å². The number of allylic oxidation sites excluding steroid dienone is 2. The lowest BCUT2D eigenvalue weighted by molar-refractivity contribution is -0.154. The standard InChI is InChI=1S/C30H32O3/c1-23(2)14-13-15-24(3)22-28(31)33-30(26-18-9-5-10-19-26,27-20-11-6-12-21-27)29(32)25-16-7-4-8-17-25/h4-12,14,16-21,24H,13,15,22H2,1-3H3/t24-/m1/s1. The maximum atomic E-state index is 14.1. The van der Waals surface area contributed by atoms with Crippen LogP contribution >= 0.6 is 0 Å². The highest BCUT2D eigenvalue weighted by Crippen LogP contribution is 2.38. The van der Waals surface area contributed by atoms with Crippen molar-refractivity contribution in [3.8, 4) is 0 Å². The molecule has 0 heterocycles. The third kappa shape index (κ3) is 6.07. The summed E-state index contributed by atoms with van der Waals surface area (Å²) in [6.45, 7) is 6.19. The molecule has 3 aromatic carbocycles. The predicted octanol–water partition coefficient (Wildman–Crippen LogP) is 7.13. The van der Waals surface area contributed by atoms with Crippen LogP contribution in [0.25, 0.3) is 0 Å².